The third-order valence-corrected chi connectivity index (χ3v) is 37.1. The molecule has 4 nitrogen and oxygen atoms in total. The molecule has 0 radical (unpaired) electrons. The molecule has 0 unspecified atom stereocenters. The summed E-state index contributed by atoms with van der Waals surface area (Å²) < 4.78 is 4.16. The van der Waals surface area contributed by atoms with E-state index in [9.17, 15) is 9.59 Å². The minimum absolute atomic E-state index is 0.00911. The monoisotopic (exact) mass is 1750 g/mol. The first-order chi connectivity index (χ1) is 54.9. The number of thioether (sulfide) groups is 2. The number of thiocarbonyl (C=S) groups is 2. The predicted molar refractivity (Wildman–Crippen MR) is 520 cm³/mol. The number of hydrogen-bond acceptors (Lipinski definition) is 16. The second-order valence-electron chi connectivity index (χ2n) is 30.4. The Morgan fingerprint density at radius 3 is 0.848 bits per heavy atom. The highest BCUT2D eigenvalue weighted by Gasteiger charge is 2.33. The van der Waals surface area contributed by atoms with Crippen molar-refractivity contribution in [2.75, 3.05) is 13.1 Å². The quantitative estimate of drug-likeness (QED) is 0.0215. The Bertz CT molecular complexity index is 4540. The minimum atomic E-state index is 0.00911. The van der Waals surface area contributed by atoms with E-state index in [2.05, 4.69) is 170 Å². The van der Waals surface area contributed by atoms with Crippen LogP contribution >= 0.6 is 161 Å². The molecule has 12 heterocycles. The van der Waals surface area contributed by atoms with Crippen LogP contribution in [0, 0.1) is 0 Å². The molecule has 0 N–H and O–H groups in total. The van der Waals surface area contributed by atoms with Crippen LogP contribution < -0.4 is 0 Å². The number of carbonyl (C=O) groups excluding carboxylic acids is 2. The van der Waals surface area contributed by atoms with Gasteiger partial charge in [0, 0.05) is 132 Å². The van der Waals surface area contributed by atoms with E-state index < -0.39 is 0 Å². The van der Waals surface area contributed by atoms with Crippen LogP contribution in [0.5, 0.6) is 0 Å². The summed E-state index contributed by atoms with van der Waals surface area (Å²) in [5, 5.41) is 2.84. The first-order valence-corrected chi connectivity index (χ1v) is 52.9. The molecule has 0 saturated carbocycles. The molecule has 594 valence electrons. The fourth-order valence-electron chi connectivity index (χ4n) is 15.6. The van der Waals surface area contributed by atoms with Gasteiger partial charge in [0.2, 0.25) is 0 Å². The van der Waals surface area contributed by atoms with Gasteiger partial charge in [0.15, 0.2) is 0 Å². The minimum Gasteiger partial charge on any atom is -0.293 e. The maximum atomic E-state index is 13.2. The maximum Gasteiger partial charge on any atom is 0.266 e. The SMILES string of the molecule is CCCCCCCCCCc1cc(-c2c3cc(-c4ccc(-c5ccc(-c6ccc(/C=C7/SC(=S)N(CC)C7=O)s6)s5)s4)sc3c(-c3cc(CCCCCCCCCC)c(CCCCCCCCCC)s3)c3cc(-c4ccc(-c5ccc(-c6ccc(/C=C7/SC(=S)N(CC)C7=O)s6)s5)s4)sc23)sc1CCCCCCCCCC. The molecular weight excluding hydrogens is 1640 g/mol. The highest BCUT2D eigenvalue weighted by molar-refractivity contribution is 8.27. The van der Waals surface area contributed by atoms with Gasteiger partial charge in [-0.3, -0.25) is 19.4 Å². The number of rotatable bonds is 48. The number of nitrogens with zero attached hydrogens (tertiary/aromatic N) is 2. The molecule has 2 saturated heterocycles. The largest absolute Gasteiger partial charge is 0.293 e. The number of likely N-dealkylation sites (N-methyl/N-ethyl adjacent to an activating group) is 2. The standard InChI is InChI=1S/C94H112N2O2S14/c1-7-13-17-21-25-29-33-37-41-63-57-83(103-69(63)43-39-35-31-27-23-19-15-9-3)87-67-61-81(79-55-53-77(107-79)75-51-49-73(105-75)71-47-45-65(101-71)59-85-91(97)95(11-5)93(99)111-85)110-90(67)88(84-58-64(42-38-34-30-26-22-18-14-8-2)70(104-84)44-40-36-32-28-24-20-16-10-4)68-62-82(109-89(68)87)80-56-54-78(108-80)76-52-50-74(106-76)72-48-46-66(102-72)60-86-92(98)96(12-6)94(100)112-86/h45-62H,7-44H2,1-6H3/b85-59+,86-60+. The van der Waals surface area contributed by atoms with Gasteiger partial charge >= 0.3 is 0 Å². The average molecular weight is 1750 g/mol. The Hall–Kier alpha value is -3.96. The molecule has 2 aliphatic heterocycles. The molecule has 0 atom stereocenters. The van der Waals surface area contributed by atoms with Crippen LogP contribution in [0.2, 0.25) is 0 Å². The van der Waals surface area contributed by atoms with Gasteiger partial charge in [-0.2, -0.15) is 0 Å². The van der Waals surface area contributed by atoms with E-state index in [1.165, 1.54) is 341 Å². The highest BCUT2D eigenvalue weighted by atomic mass is 32.2. The van der Waals surface area contributed by atoms with Crippen molar-refractivity contribution < 1.29 is 9.59 Å². The van der Waals surface area contributed by atoms with Gasteiger partial charge in [0.05, 0.1) is 9.81 Å². The average Bonchev–Trinajstić information content (AvgIpc) is 1.56. The van der Waals surface area contributed by atoms with Crippen molar-refractivity contribution in [3.05, 3.63) is 138 Å². The summed E-state index contributed by atoms with van der Waals surface area (Å²) in [5.74, 6) is 0.0182. The molecule has 2 amide bonds. The maximum absolute atomic E-state index is 13.2. The lowest BCUT2D eigenvalue weighted by Gasteiger charge is -2.09. The van der Waals surface area contributed by atoms with E-state index >= 15 is 0 Å². The molecule has 0 aliphatic carbocycles. The lowest BCUT2D eigenvalue weighted by molar-refractivity contribution is -0.122. The predicted octanol–water partition coefficient (Wildman–Crippen LogP) is 35.1. The van der Waals surface area contributed by atoms with Crippen LogP contribution in [0.4, 0.5) is 0 Å². The zero-order valence-electron chi connectivity index (χ0n) is 66.7. The van der Waals surface area contributed by atoms with Crippen LogP contribution in [0.1, 0.15) is 278 Å². The highest BCUT2D eigenvalue weighted by Crippen LogP contribution is 2.57. The summed E-state index contributed by atoms with van der Waals surface area (Å²) in [4.78, 5) is 55.0. The number of benzene rings is 1. The summed E-state index contributed by atoms with van der Waals surface area (Å²) in [6.07, 6.45) is 51.4. The van der Waals surface area contributed by atoms with E-state index in [0.717, 1.165) is 22.6 Å². The Morgan fingerprint density at radius 1 is 0.286 bits per heavy atom. The van der Waals surface area contributed by atoms with Gasteiger partial charge in [-0.05, 0) is 186 Å². The number of thiophene rings is 10. The first-order valence-electron chi connectivity index (χ1n) is 42.3. The summed E-state index contributed by atoms with van der Waals surface area (Å²) in [5.41, 5.74) is 6.11. The molecule has 18 heteroatoms. The zero-order chi connectivity index (χ0) is 77.7. The molecule has 1 aromatic carbocycles. The second kappa shape index (κ2) is 43.7. The zero-order valence-corrected chi connectivity index (χ0v) is 78.1. The third-order valence-electron chi connectivity index (χ3n) is 21.9. The molecule has 11 aromatic rings. The summed E-state index contributed by atoms with van der Waals surface area (Å²) in [6, 6.07) is 38.3. The Balaban J connectivity index is 0.908. The summed E-state index contributed by atoms with van der Waals surface area (Å²) >= 11 is 33.5. The fraction of sp³-hybridized carbons (Fsp3) is 0.468. The molecule has 0 bridgehead atoms. The molecule has 112 heavy (non-hydrogen) atoms. The lowest BCUT2D eigenvalue weighted by Crippen LogP contribution is -2.27. The number of unbranched alkanes of at least 4 members (excludes halogenated alkanes) is 28. The lowest BCUT2D eigenvalue weighted by atomic mass is 9.97. The van der Waals surface area contributed by atoms with Gasteiger partial charge in [0.1, 0.15) is 8.64 Å². The van der Waals surface area contributed by atoms with Gasteiger partial charge in [0.25, 0.3) is 11.8 Å². The van der Waals surface area contributed by atoms with Crippen molar-refractivity contribution in [3.8, 4) is 79.4 Å². The van der Waals surface area contributed by atoms with Gasteiger partial charge in [-0.15, -0.1) is 113 Å². The number of aryl methyl sites for hydroxylation is 4. The molecule has 13 rings (SSSR count). The van der Waals surface area contributed by atoms with Gasteiger partial charge < -0.3 is 0 Å². The smallest absolute Gasteiger partial charge is 0.266 e. The topological polar surface area (TPSA) is 40.6 Å². The van der Waals surface area contributed by atoms with Crippen LogP contribution in [0.25, 0.3) is 112 Å². The van der Waals surface area contributed by atoms with E-state index in [1.54, 1.807) is 53.4 Å². The van der Waals surface area contributed by atoms with E-state index in [-0.39, 0.29) is 11.8 Å². The van der Waals surface area contributed by atoms with Crippen LogP contribution in [0.3, 0.4) is 0 Å². The molecular formula is C94H112N2O2S14. The molecule has 2 aliphatic rings. The Kier molecular flexibility index (Phi) is 33.5. The van der Waals surface area contributed by atoms with Crippen LogP contribution in [-0.2, 0) is 35.3 Å². The van der Waals surface area contributed by atoms with Crippen molar-refractivity contribution in [1.29, 1.82) is 0 Å². The van der Waals surface area contributed by atoms with Crippen molar-refractivity contribution in [2.24, 2.45) is 0 Å². The normalized spacial score (nSPS) is 14.3. The molecule has 10 aromatic heterocycles. The second-order valence-corrected chi connectivity index (χ2v) is 44.7. The Labute approximate surface area is 728 Å². The third kappa shape index (κ3) is 22.1. The van der Waals surface area contributed by atoms with Crippen LogP contribution in [0.15, 0.2) is 107 Å². The molecule has 0 spiro atoms. The Morgan fingerprint density at radius 2 is 0.554 bits per heavy atom. The number of carbonyl (C=O) groups is 2. The van der Waals surface area contributed by atoms with Crippen molar-refractivity contribution in [3.63, 3.8) is 0 Å². The fourth-order valence-corrected chi connectivity index (χ4v) is 30.2. The van der Waals surface area contributed by atoms with Crippen molar-refractivity contribution in [2.45, 2.75) is 273 Å². The van der Waals surface area contributed by atoms with E-state index in [4.69, 9.17) is 24.4 Å². The van der Waals surface area contributed by atoms with Crippen molar-refractivity contribution >= 4 is 214 Å². The first kappa shape index (κ1) is 85.9. The summed E-state index contributed by atoms with van der Waals surface area (Å²) in [7, 11) is 0. The van der Waals surface area contributed by atoms with E-state index in [1.807, 2.05) is 71.3 Å². The number of amides is 2. The number of hydrogen-bond donors (Lipinski definition) is 0. The van der Waals surface area contributed by atoms with Gasteiger partial charge in [-0.1, -0.05) is 255 Å². The van der Waals surface area contributed by atoms with Crippen LogP contribution in [-0.4, -0.2) is 43.3 Å². The van der Waals surface area contributed by atoms with Crippen molar-refractivity contribution in [1.82, 2.24) is 9.80 Å². The summed E-state index contributed by atoms with van der Waals surface area (Å²) in [6.45, 7) is 14.5. The van der Waals surface area contributed by atoms with Gasteiger partial charge in [-0.25, -0.2) is 0 Å². The molecule has 2 fully saturated rings. The van der Waals surface area contributed by atoms with E-state index in [0.29, 0.717) is 31.5 Å². The number of fused-ring (bicyclic) bond motifs is 2.